The summed E-state index contributed by atoms with van der Waals surface area (Å²) in [5.74, 6) is 0. The number of aryl methyl sites for hydroxylation is 2. The molecule has 1 aromatic rings. The Bertz CT molecular complexity index is 366. The van der Waals surface area contributed by atoms with Crippen molar-refractivity contribution in [2.45, 2.75) is 13.8 Å². The summed E-state index contributed by atoms with van der Waals surface area (Å²) in [6.07, 6.45) is 0. The molecule has 3 nitrogen and oxygen atoms in total. The van der Waals surface area contributed by atoms with Crippen LogP contribution in [0.15, 0.2) is 4.47 Å². The maximum absolute atomic E-state index is 8.72. The van der Waals surface area contributed by atoms with E-state index in [1.807, 2.05) is 13.0 Å². The van der Waals surface area contributed by atoms with Crippen molar-refractivity contribution >= 4 is 21.6 Å². The lowest BCUT2D eigenvalue weighted by Gasteiger charge is -2.05. The molecule has 0 aromatic carbocycles. The standard InChI is InChI=1S/C8H8BrN3/c1-4-6(3-10)8(11)7(9)5(2)12-4/h1-2H3,(H2,11,12). The Morgan fingerprint density at radius 3 is 2.50 bits per heavy atom. The Morgan fingerprint density at radius 1 is 1.42 bits per heavy atom. The molecule has 0 aliphatic heterocycles. The normalized spacial score (nSPS) is 9.50. The highest BCUT2D eigenvalue weighted by Crippen LogP contribution is 2.26. The summed E-state index contributed by atoms with van der Waals surface area (Å²) in [5, 5.41) is 8.72. The number of hydrogen-bond acceptors (Lipinski definition) is 3. The summed E-state index contributed by atoms with van der Waals surface area (Å²) >= 11 is 3.27. The second-order valence-electron chi connectivity index (χ2n) is 2.50. The number of anilines is 1. The smallest absolute Gasteiger partial charge is 0.103 e. The Morgan fingerprint density at radius 2 is 2.00 bits per heavy atom. The first-order chi connectivity index (χ1) is 5.57. The number of nitrogens with zero attached hydrogens (tertiary/aromatic N) is 2. The summed E-state index contributed by atoms with van der Waals surface area (Å²) < 4.78 is 0.713. The van der Waals surface area contributed by atoms with Gasteiger partial charge in [0.25, 0.3) is 0 Å². The molecule has 0 fully saturated rings. The molecule has 4 heteroatoms. The summed E-state index contributed by atoms with van der Waals surface area (Å²) in [6.45, 7) is 3.61. The van der Waals surface area contributed by atoms with Gasteiger partial charge in [-0.2, -0.15) is 5.26 Å². The number of nitrogens with two attached hydrogens (primary N) is 1. The fourth-order valence-electron chi connectivity index (χ4n) is 0.997. The summed E-state index contributed by atoms with van der Waals surface area (Å²) in [5.41, 5.74) is 8.10. The predicted molar refractivity (Wildman–Crippen MR) is 50.5 cm³/mol. The van der Waals surface area contributed by atoms with Gasteiger partial charge in [-0.05, 0) is 29.8 Å². The summed E-state index contributed by atoms with van der Waals surface area (Å²) in [6, 6.07) is 2.01. The molecule has 1 rings (SSSR count). The van der Waals surface area contributed by atoms with E-state index >= 15 is 0 Å². The molecule has 0 atom stereocenters. The highest BCUT2D eigenvalue weighted by molar-refractivity contribution is 9.10. The van der Waals surface area contributed by atoms with E-state index in [2.05, 4.69) is 20.9 Å². The second kappa shape index (κ2) is 3.11. The van der Waals surface area contributed by atoms with Crippen molar-refractivity contribution in [3.05, 3.63) is 21.4 Å². The van der Waals surface area contributed by atoms with E-state index < -0.39 is 0 Å². The Balaban J connectivity index is 3.54. The minimum absolute atomic E-state index is 0.451. The van der Waals surface area contributed by atoms with Crippen LogP contribution in [0.3, 0.4) is 0 Å². The fourth-order valence-corrected chi connectivity index (χ4v) is 1.28. The third kappa shape index (κ3) is 1.28. The summed E-state index contributed by atoms with van der Waals surface area (Å²) in [4.78, 5) is 4.16. The Kier molecular flexibility index (Phi) is 2.34. The van der Waals surface area contributed by atoms with Crippen LogP contribution in [0.4, 0.5) is 5.69 Å². The molecule has 0 radical (unpaired) electrons. The van der Waals surface area contributed by atoms with E-state index in [1.54, 1.807) is 6.92 Å². The number of hydrogen-bond donors (Lipinski definition) is 1. The highest BCUT2D eigenvalue weighted by atomic mass is 79.9. The topological polar surface area (TPSA) is 62.7 Å². The monoisotopic (exact) mass is 225 g/mol. The first kappa shape index (κ1) is 9.01. The molecule has 0 saturated carbocycles. The number of aromatic nitrogens is 1. The van der Waals surface area contributed by atoms with Gasteiger partial charge in [0, 0.05) is 0 Å². The van der Waals surface area contributed by atoms with Crippen LogP contribution in [0, 0.1) is 25.2 Å². The number of rotatable bonds is 0. The number of pyridine rings is 1. The molecule has 0 spiro atoms. The van der Waals surface area contributed by atoms with Gasteiger partial charge in [0.1, 0.15) is 6.07 Å². The zero-order valence-electron chi connectivity index (χ0n) is 6.85. The molecule has 2 N–H and O–H groups in total. The van der Waals surface area contributed by atoms with Crippen molar-refractivity contribution in [2.75, 3.05) is 5.73 Å². The quantitative estimate of drug-likeness (QED) is 0.734. The molecule has 0 unspecified atom stereocenters. The SMILES string of the molecule is Cc1nc(C)c(C#N)c(N)c1Br. The van der Waals surface area contributed by atoms with Gasteiger partial charge in [0.2, 0.25) is 0 Å². The van der Waals surface area contributed by atoms with Crippen molar-refractivity contribution in [3.8, 4) is 6.07 Å². The lowest BCUT2D eigenvalue weighted by Crippen LogP contribution is -2.00. The van der Waals surface area contributed by atoms with Crippen LogP contribution in [0.5, 0.6) is 0 Å². The average Bonchev–Trinajstić information content (AvgIpc) is 2.01. The van der Waals surface area contributed by atoms with Crippen LogP contribution in [0.1, 0.15) is 17.0 Å². The van der Waals surface area contributed by atoms with Gasteiger partial charge >= 0.3 is 0 Å². The van der Waals surface area contributed by atoms with Crippen LogP contribution in [0.2, 0.25) is 0 Å². The Hall–Kier alpha value is -1.08. The lowest BCUT2D eigenvalue weighted by atomic mass is 10.1. The van der Waals surface area contributed by atoms with Crippen LogP contribution in [0.25, 0.3) is 0 Å². The van der Waals surface area contributed by atoms with Crippen LogP contribution >= 0.6 is 15.9 Å². The number of halogens is 1. The lowest BCUT2D eigenvalue weighted by molar-refractivity contribution is 1.10. The maximum Gasteiger partial charge on any atom is 0.103 e. The van der Waals surface area contributed by atoms with Crippen molar-refractivity contribution in [1.82, 2.24) is 4.98 Å². The van der Waals surface area contributed by atoms with Gasteiger partial charge < -0.3 is 5.73 Å². The molecule has 0 aliphatic rings. The molecule has 1 heterocycles. The van der Waals surface area contributed by atoms with Crippen molar-refractivity contribution < 1.29 is 0 Å². The molecule has 12 heavy (non-hydrogen) atoms. The molecular formula is C8H8BrN3. The van der Waals surface area contributed by atoms with Gasteiger partial charge in [-0.15, -0.1) is 0 Å². The van der Waals surface area contributed by atoms with Crippen LogP contribution in [-0.4, -0.2) is 4.98 Å². The average molecular weight is 226 g/mol. The highest BCUT2D eigenvalue weighted by Gasteiger charge is 2.09. The molecule has 1 aromatic heterocycles. The van der Waals surface area contributed by atoms with E-state index in [0.717, 1.165) is 5.69 Å². The molecule has 0 bridgehead atoms. The molecule has 0 amide bonds. The summed E-state index contributed by atoms with van der Waals surface area (Å²) in [7, 11) is 0. The van der Waals surface area contributed by atoms with Gasteiger partial charge in [-0.1, -0.05) is 0 Å². The first-order valence-corrected chi connectivity index (χ1v) is 4.19. The fraction of sp³-hybridized carbons (Fsp3) is 0.250. The van der Waals surface area contributed by atoms with E-state index in [9.17, 15) is 0 Å². The molecule has 0 saturated heterocycles. The maximum atomic E-state index is 8.72. The van der Waals surface area contributed by atoms with Crippen molar-refractivity contribution in [1.29, 1.82) is 5.26 Å². The number of nitrogen functional groups attached to an aromatic ring is 1. The van der Waals surface area contributed by atoms with Crippen molar-refractivity contribution in [2.24, 2.45) is 0 Å². The molecular weight excluding hydrogens is 218 g/mol. The van der Waals surface area contributed by atoms with Gasteiger partial charge in [0.15, 0.2) is 0 Å². The van der Waals surface area contributed by atoms with E-state index in [-0.39, 0.29) is 0 Å². The zero-order valence-corrected chi connectivity index (χ0v) is 8.44. The minimum atomic E-state index is 0.451. The van der Waals surface area contributed by atoms with Crippen LogP contribution < -0.4 is 5.73 Å². The van der Waals surface area contributed by atoms with Gasteiger partial charge in [-0.25, -0.2) is 0 Å². The van der Waals surface area contributed by atoms with E-state index in [0.29, 0.717) is 21.4 Å². The van der Waals surface area contributed by atoms with Crippen molar-refractivity contribution in [3.63, 3.8) is 0 Å². The largest absolute Gasteiger partial charge is 0.397 e. The third-order valence-electron chi connectivity index (χ3n) is 1.63. The first-order valence-electron chi connectivity index (χ1n) is 3.40. The minimum Gasteiger partial charge on any atom is -0.397 e. The van der Waals surface area contributed by atoms with Gasteiger partial charge in [-0.3, -0.25) is 4.98 Å². The predicted octanol–water partition coefficient (Wildman–Crippen LogP) is 1.91. The van der Waals surface area contributed by atoms with E-state index in [4.69, 9.17) is 11.0 Å². The second-order valence-corrected chi connectivity index (χ2v) is 3.29. The van der Waals surface area contributed by atoms with E-state index in [1.165, 1.54) is 0 Å². The third-order valence-corrected chi connectivity index (χ3v) is 2.63. The zero-order chi connectivity index (χ0) is 9.30. The molecule has 62 valence electrons. The molecule has 0 aliphatic carbocycles. The van der Waals surface area contributed by atoms with Gasteiger partial charge in [0.05, 0.1) is 27.1 Å². The Labute approximate surface area is 79.3 Å². The number of nitriles is 1. The van der Waals surface area contributed by atoms with Crippen LogP contribution in [-0.2, 0) is 0 Å².